The minimum atomic E-state index is 0.570. The molecule has 0 saturated carbocycles. The summed E-state index contributed by atoms with van der Waals surface area (Å²) in [5.74, 6) is 2.19. The second kappa shape index (κ2) is 5.65. The van der Waals surface area contributed by atoms with Gasteiger partial charge in [0.1, 0.15) is 10.8 Å². The van der Waals surface area contributed by atoms with Gasteiger partial charge in [0.2, 0.25) is 0 Å². The predicted molar refractivity (Wildman–Crippen MR) is 68.6 cm³/mol. The SMILES string of the molecule is COCC1CCCN(c2nc(C)ncc2Cl)C1. The van der Waals surface area contributed by atoms with Crippen molar-refractivity contribution < 1.29 is 4.74 Å². The molecule has 1 aliphatic rings. The fourth-order valence-electron chi connectivity index (χ4n) is 2.29. The lowest BCUT2D eigenvalue weighted by Gasteiger charge is -2.33. The minimum Gasteiger partial charge on any atom is -0.384 e. The molecule has 5 heteroatoms. The Morgan fingerprint density at radius 3 is 3.18 bits per heavy atom. The number of piperidine rings is 1. The van der Waals surface area contributed by atoms with Gasteiger partial charge in [-0.3, -0.25) is 0 Å². The van der Waals surface area contributed by atoms with Gasteiger partial charge in [-0.25, -0.2) is 9.97 Å². The van der Waals surface area contributed by atoms with E-state index < -0.39 is 0 Å². The Labute approximate surface area is 107 Å². The summed E-state index contributed by atoms with van der Waals surface area (Å²) in [7, 11) is 1.75. The Balaban J connectivity index is 2.13. The fourth-order valence-corrected chi connectivity index (χ4v) is 2.50. The van der Waals surface area contributed by atoms with Gasteiger partial charge in [0.25, 0.3) is 0 Å². The van der Waals surface area contributed by atoms with Crippen LogP contribution in [0.1, 0.15) is 18.7 Å². The van der Waals surface area contributed by atoms with E-state index in [0.29, 0.717) is 10.9 Å². The number of aromatic nitrogens is 2. The fraction of sp³-hybridized carbons (Fsp3) is 0.667. The average molecular weight is 256 g/mol. The lowest BCUT2D eigenvalue weighted by atomic mass is 9.99. The molecule has 1 aromatic heterocycles. The largest absolute Gasteiger partial charge is 0.384 e. The summed E-state index contributed by atoms with van der Waals surface area (Å²) in [5, 5.41) is 0.633. The zero-order valence-corrected chi connectivity index (χ0v) is 11.1. The average Bonchev–Trinajstić information content (AvgIpc) is 2.33. The lowest BCUT2D eigenvalue weighted by molar-refractivity contribution is 0.143. The van der Waals surface area contributed by atoms with Crippen molar-refractivity contribution in [3.8, 4) is 0 Å². The summed E-state index contributed by atoms with van der Waals surface area (Å²) in [6.45, 7) is 4.66. The maximum Gasteiger partial charge on any atom is 0.151 e. The Kier molecular flexibility index (Phi) is 4.18. The normalized spacial score (nSPS) is 20.6. The maximum atomic E-state index is 6.16. The van der Waals surface area contributed by atoms with Crippen LogP contribution >= 0.6 is 11.6 Å². The first kappa shape index (κ1) is 12.6. The molecule has 0 amide bonds. The van der Waals surface area contributed by atoms with Gasteiger partial charge >= 0.3 is 0 Å². The molecule has 17 heavy (non-hydrogen) atoms. The number of methoxy groups -OCH3 is 1. The number of ether oxygens (including phenoxy) is 1. The third kappa shape index (κ3) is 3.07. The Morgan fingerprint density at radius 1 is 1.59 bits per heavy atom. The molecule has 1 unspecified atom stereocenters. The predicted octanol–water partition coefficient (Wildman–Crippen LogP) is 2.30. The van der Waals surface area contributed by atoms with Crippen LogP contribution in [0.4, 0.5) is 5.82 Å². The first-order chi connectivity index (χ1) is 8.20. The van der Waals surface area contributed by atoms with Gasteiger partial charge < -0.3 is 9.64 Å². The molecule has 0 bridgehead atoms. The van der Waals surface area contributed by atoms with Gasteiger partial charge in [-0.1, -0.05) is 11.6 Å². The second-order valence-corrected chi connectivity index (χ2v) is 4.91. The highest BCUT2D eigenvalue weighted by atomic mass is 35.5. The van der Waals surface area contributed by atoms with Crippen LogP contribution in [0.15, 0.2) is 6.20 Å². The number of halogens is 1. The van der Waals surface area contributed by atoms with Crippen molar-refractivity contribution >= 4 is 17.4 Å². The van der Waals surface area contributed by atoms with E-state index in [4.69, 9.17) is 16.3 Å². The molecule has 94 valence electrons. The third-order valence-electron chi connectivity index (χ3n) is 3.07. The molecule has 0 spiro atoms. The Bertz CT molecular complexity index is 384. The first-order valence-electron chi connectivity index (χ1n) is 5.93. The molecule has 1 saturated heterocycles. The zero-order chi connectivity index (χ0) is 12.3. The Morgan fingerprint density at radius 2 is 2.41 bits per heavy atom. The van der Waals surface area contributed by atoms with Gasteiger partial charge in [0.15, 0.2) is 5.82 Å². The number of hydrogen-bond donors (Lipinski definition) is 0. The van der Waals surface area contributed by atoms with Crippen LogP contribution in [0.2, 0.25) is 5.02 Å². The molecule has 0 N–H and O–H groups in total. The second-order valence-electron chi connectivity index (χ2n) is 4.50. The monoisotopic (exact) mass is 255 g/mol. The molecule has 0 aliphatic carbocycles. The topological polar surface area (TPSA) is 38.2 Å². The molecule has 1 aromatic rings. The van der Waals surface area contributed by atoms with Crippen LogP contribution in [0.3, 0.4) is 0 Å². The highest BCUT2D eigenvalue weighted by Crippen LogP contribution is 2.27. The van der Waals surface area contributed by atoms with E-state index in [1.165, 1.54) is 6.42 Å². The summed E-state index contributed by atoms with van der Waals surface area (Å²) in [5.41, 5.74) is 0. The van der Waals surface area contributed by atoms with E-state index in [9.17, 15) is 0 Å². The molecule has 4 nitrogen and oxygen atoms in total. The summed E-state index contributed by atoms with van der Waals surface area (Å²) < 4.78 is 5.23. The molecule has 0 radical (unpaired) electrons. The van der Waals surface area contributed by atoms with E-state index in [-0.39, 0.29) is 0 Å². The van der Waals surface area contributed by atoms with Crippen LogP contribution in [0.25, 0.3) is 0 Å². The van der Waals surface area contributed by atoms with Crippen molar-refractivity contribution in [1.82, 2.24) is 9.97 Å². The zero-order valence-electron chi connectivity index (χ0n) is 10.3. The van der Waals surface area contributed by atoms with Crippen molar-refractivity contribution in [2.24, 2.45) is 5.92 Å². The standard InChI is InChI=1S/C12H18ClN3O/c1-9-14-6-11(13)12(15-9)16-5-3-4-10(7-16)8-17-2/h6,10H,3-5,7-8H2,1-2H3. The van der Waals surface area contributed by atoms with Gasteiger partial charge in [-0.2, -0.15) is 0 Å². The number of nitrogens with zero attached hydrogens (tertiary/aromatic N) is 3. The molecule has 1 atom stereocenters. The summed E-state index contributed by atoms with van der Waals surface area (Å²) in [6, 6.07) is 0. The number of anilines is 1. The van der Waals surface area contributed by atoms with Crippen LogP contribution in [0, 0.1) is 12.8 Å². The number of rotatable bonds is 3. The Hall–Kier alpha value is -0.870. The molecular formula is C12H18ClN3O. The highest BCUT2D eigenvalue weighted by Gasteiger charge is 2.22. The molecule has 2 heterocycles. The van der Waals surface area contributed by atoms with E-state index in [1.807, 2.05) is 6.92 Å². The summed E-state index contributed by atoms with van der Waals surface area (Å²) in [4.78, 5) is 10.8. The van der Waals surface area contributed by atoms with E-state index >= 15 is 0 Å². The highest BCUT2D eigenvalue weighted by molar-refractivity contribution is 6.32. The van der Waals surface area contributed by atoms with Crippen LogP contribution < -0.4 is 4.90 Å². The molecule has 0 aromatic carbocycles. The van der Waals surface area contributed by atoms with Crippen LogP contribution in [-0.2, 0) is 4.74 Å². The third-order valence-corrected chi connectivity index (χ3v) is 3.33. The summed E-state index contributed by atoms with van der Waals surface area (Å²) >= 11 is 6.16. The van der Waals surface area contributed by atoms with Gasteiger partial charge in [0, 0.05) is 20.2 Å². The van der Waals surface area contributed by atoms with Crippen LogP contribution in [-0.4, -0.2) is 36.8 Å². The summed E-state index contributed by atoms with van der Waals surface area (Å²) in [6.07, 6.45) is 4.05. The van der Waals surface area contributed by atoms with Gasteiger partial charge in [-0.15, -0.1) is 0 Å². The quantitative estimate of drug-likeness (QED) is 0.831. The number of hydrogen-bond acceptors (Lipinski definition) is 4. The van der Waals surface area contributed by atoms with Crippen molar-refractivity contribution in [3.63, 3.8) is 0 Å². The van der Waals surface area contributed by atoms with Gasteiger partial charge in [-0.05, 0) is 25.7 Å². The molecule has 2 rings (SSSR count). The van der Waals surface area contributed by atoms with E-state index in [2.05, 4.69) is 14.9 Å². The van der Waals surface area contributed by atoms with Crippen molar-refractivity contribution in [3.05, 3.63) is 17.0 Å². The van der Waals surface area contributed by atoms with Crippen molar-refractivity contribution in [1.29, 1.82) is 0 Å². The lowest BCUT2D eigenvalue weighted by Crippen LogP contribution is -2.37. The van der Waals surface area contributed by atoms with Crippen molar-refractivity contribution in [2.45, 2.75) is 19.8 Å². The smallest absolute Gasteiger partial charge is 0.151 e. The van der Waals surface area contributed by atoms with Crippen LogP contribution in [0.5, 0.6) is 0 Å². The molecule has 1 fully saturated rings. The molecule has 1 aliphatic heterocycles. The number of aryl methyl sites for hydroxylation is 1. The van der Waals surface area contributed by atoms with E-state index in [0.717, 1.165) is 37.8 Å². The van der Waals surface area contributed by atoms with Crippen molar-refractivity contribution in [2.75, 3.05) is 31.7 Å². The molecular weight excluding hydrogens is 238 g/mol. The van der Waals surface area contributed by atoms with E-state index in [1.54, 1.807) is 13.3 Å². The minimum absolute atomic E-state index is 0.570. The first-order valence-corrected chi connectivity index (χ1v) is 6.31. The van der Waals surface area contributed by atoms with Gasteiger partial charge in [0.05, 0.1) is 12.8 Å². The maximum absolute atomic E-state index is 6.16.